The molecule has 0 aliphatic carbocycles. The molecule has 0 aliphatic heterocycles. The van der Waals surface area contributed by atoms with Crippen LogP contribution in [0, 0.1) is 0 Å². The molecule has 0 aromatic heterocycles. The minimum absolute atomic E-state index is 0.266. The summed E-state index contributed by atoms with van der Waals surface area (Å²) in [5.74, 6) is -2.76. The van der Waals surface area contributed by atoms with Crippen LogP contribution in [0.15, 0.2) is 42.5 Å². The molecule has 4 heteroatoms. The van der Waals surface area contributed by atoms with E-state index in [1.54, 1.807) is 24.3 Å². The molecule has 2 aromatic carbocycles. The quantitative estimate of drug-likeness (QED) is 0.459. The van der Waals surface area contributed by atoms with Crippen LogP contribution in [0.2, 0.25) is 0 Å². The molecule has 0 radical (unpaired) electrons. The normalized spacial score (nSPS) is 10.1. The Labute approximate surface area is 103 Å². The molecule has 0 heterocycles. The monoisotopic (exact) mass is 242 g/mol. The molecule has 18 heavy (non-hydrogen) atoms. The zero-order chi connectivity index (χ0) is 13.1. The maximum absolute atomic E-state index is 11.8. The summed E-state index contributed by atoms with van der Waals surface area (Å²) >= 11 is 0. The molecule has 0 amide bonds. The van der Waals surface area contributed by atoms with Gasteiger partial charge in [-0.15, -0.1) is 0 Å². The second kappa shape index (κ2) is 4.79. The van der Waals surface area contributed by atoms with Gasteiger partial charge in [0.25, 0.3) is 0 Å². The fourth-order valence-electron chi connectivity index (χ4n) is 1.61. The van der Waals surface area contributed by atoms with Gasteiger partial charge in [-0.1, -0.05) is 36.4 Å². The van der Waals surface area contributed by atoms with Crippen LogP contribution in [0.4, 0.5) is 0 Å². The van der Waals surface area contributed by atoms with Crippen LogP contribution in [-0.2, 0) is 14.3 Å². The standard InChI is InChI=1S/C14H10O4/c1-9(15)13(16)18-14(17)12-8-4-6-10-5-2-3-7-11(10)12/h2-8H,1H3. The Morgan fingerprint density at radius 1 is 0.944 bits per heavy atom. The summed E-state index contributed by atoms with van der Waals surface area (Å²) in [5.41, 5.74) is 0.266. The highest BCUT2D eigenvalue weighted by Gasteiger charge is 2.18. The summed E-state index contributed by atoms with van der Waals surface area (Å²) in [6.07, 6.45) is 0. The second-order valence-corrected chi connectivity index (χ2v) is 3.76. The third-order valence-corrected chi connectivity index (χ3v) is 2.48. The number of carbonyl (C=O) groups excluding carboxylic acids is 3. The Bertz CT molecular complexity index is 638. The van der Waals surface area contributed by atoms with Crippen molar-refractivity contribution in [1.29, 1.82) is 0 Å². The molecule has 90 valence electrons. The molecule has 0 fully saturated rings. The molecular weight excluding hydrogens is 232 g/mol. The van der Waals surface area contributed by atoms with E-state index in [9.17, 15) is 14.4 Å². The van der Waals surface area contributed by atoms with E-state index in [4.69, 9.17) is 0 Å². The van der Waals surface area contributed by atoms with Gasteiger partial charge >= 0.3 is 11.9 Å². The number of esters is 2. The summed E-state index contributed by atoms with van der Waals surface area (Å²) in [6, 6.07) is 12.3. The SMILES string of the molecule is CC(=O)C(=O)OC(=O)c1cccc2ccccc12. The molecule has 0 aliphatic rings. The van der Waals surface area contributed by atoms with E-state index in [0.717, 1.165) is 12.3 Å². The van der Waals surface area contributed by atoms with Gasteiger partial charge < -0.3 is 4.74 Å². The molecule has 0 bridgehead atoms. The summed E-state index contributed by atoms with van der Waals surface area (Å²) in [4.78, 5) is 33.6. The highest BCUT2D eigenvalue weighted by atomic mass is 16.6. The Morgan fingerprint density at radius 3 is 2.33 bits per heavy atom. The lowest BCUT2D eigenvalue weighted by Crippen LogP contribution is -2.18. The topological polar surface area (TPSA) is 60.4 Å². The number of rotatable bonds is 2. The highest BCUT2D eigenvalue weighted by Crippen LogP contribution is 2.19. The van der Waals surface area contributed by atoms with E-state index < -0.39 is 17.7 Å². The second-order valence-electron chi connectivity index (χ2n) is 3.76. The van der Waals surface area contributed by atoms with Gasteiger partial charge in [-0.25, -0.2) is 9.59 Å². The number of Topliss-reactive ketones (excluding diaryl/α,β-unsaturated/α-hetero) is 1. The fraction of sp³-hybridized carbons (Fsp3) is 0.0714. The molecule has 2 aromatic rings. The first kappa shape index (κ1) is 12.0. The van der Waals surface area contributed by atoms with Crippen molar-refractivity contribution in [1.82, 2.24) is 0 Å². The van der Waals surface area contributed by atoms with Crippen LogP contribution < -0.4 is 0 Å². The van der Waals surface area contributed by atoms with Crippen LogP contribution in [0.5, 0.6) is 0 Å². The van der Waals surface area contributed by atoms with Gasteiger partial charge in [-0.3, -0.25) is 4.79 Å². The first-order valence-electron chi connectivity index (χ1n) is 5.34. The van der Waals surface area contributed by atoms with Crippen LogP contribution in [0.25, 0.3) is 10.8 Å². The van der Waals surface area contributed by atoms with Crippen LogP contribution in [-0.4, -0.2) is 17.7 Å². The number of carbonyl (C=O) groups is 3. The minimum atomic E-state index is -1.15. The molecular formula is C14H10O4. The van der Waals surface area contributed by atoms with Crippen molar-refractivity contribution in [2.45, 2.75) is 6.92 Å². The molecule has 0 N–H and O–H groups in total. The average molecular weight is 242 g/mol. The number of fused-ring (bicyclic) bond motifs is 1. The van der Waals surface area contributed by atoms with Gasteiger partial charge in [-0.2, -0.15) is 0 Å². The van der Waals surface area contributed by atoms with Gasteiger partial charge in [0.2, 0.25) is 5.78 Å². The predicted octanol–water partition coefficient (Wildman–Crippen LogP) is 2.11. The third kappa shape index (κ3) is 2.27. The smallest absolute Gasteiger partial charge is 0.382 e. The molecule has 2 rings (SSSR count). The Morgan fingerprint density at radius 2 is 1.61 bits per heavy atom. The van der Waals surface area contributed by atoms with Crippen molar-refractivity contribution < 1.29 is 19.1 Å². The van der Waals surface area contributed by atoms with Gasteiger partial charge in [0, 0.05) is 6.92 Å². The Kier molecular flexibility index (Phi) is 3.19. The van der Waals surface area contributed by atoms with Crippen molar-refractivity contribution in [2.75, 3.05) is 0 Å². The van der Waals surface area contributed by atoms with Crippen molar-refractivity contribution in [3.63, 3.8) is 0 Å². The minimum Gasteiger partial charge on any atom is -0.384 e. The van der Waals surface area contributed by atoms with Crippen molar-refractivity contribution in [3.8, 4) is 0 Å². The summed E-state index contributed by atoms with van der Waals surface area (Å²) in [6.45, 7) is 1.05. The maximum Gasteiger partial charge on any atom is 0.382 e. The van der Waals surface area contributed by atoms with Gasteiger partial charge in [0.15, 0.2) is 0 Å². The van der Waals surface area contributed by atoms with E-state index in [0.29, 0.717) is 5.39 Å². The first-order valence-corrected chi connectivity index (χ1v) is 5.34. The highest BCUT2D eigenvalue weighted by molar-refractivity contribution is 6.35. The van der Waals surface area contributed by atoms with Crippen molar-refractivity contribution in [3.05, 3.63) is 48.0 Å². The molecule has 0 unspecified atom stereocenters. The first-order chi connectivity index (χ1) is 8.59. The zero-order valence-electron chi connectivity index (χ0n) is 9.67. The zero-order valence-corrected chi connectivity index (χ0v) is 9.67. The summed E-state index contributed by atoms with van der Waals surface area (Å²) in [5, 5.41) is 1.54. The summed E-state index contributed by atoms with van der Waals surface area (Å²) in [7, 11) is 0. The van der Waals surface area contributed by atoms with E-state index in [2.05, 4.69) is 4.74 Å². The van der Waals surface area contributed by atoms with E-state index in [-0.39, 0.29) is 5.56 Å². The predicted molar refractivity (Wildman–Crippen MR) is 65.1 cm³/mol. The lowest BCUT2D eigenvalue weighted by atomic mass is 10.1. The van der Waals surface area contributed by atoms with E-state index in [1.165, 1.54) is 0 Å². The van der Waals surface area contributed by atoms with Gasteiger partial charge in [0.1, 0.15) is 0 Å². The lowest BCUT2D eigenvalue weighted by molar-refractivity contribution is -0.148. The average Bonchev–Trinajstić information content (AvgIpc) is 2.37. The number of ether oxygens (including phenoxy) is 1. The number of hydrogen-bond acceptors (Lipinski definition) is 4. The van der Waals surface area contributed by atoms with E-state index >= 15 is 0 Å². The van der Waals surface area contributed by atoms with Crippen LogP contribution in [0.3, 0.4) is 0 Å². The van der Waals surface area contributed by atoms with Crippen molar-refractivity contribution in [2.24, 2.45) is 0 Å². The largest absolute Gasteiger partial charge is 0.384 e. The summed E-state index contributed by atoms with van der Waals surface area (Å²) < 4.78 is 4.48. The maximum atomic E-state index is 11.8. The Hall–Kier alpha value is -2.49. The number of benzene rings is 2. The molecule has 0 saturated carbocycles. The van der Waals surface area contributed by atoms with Gasteiger partial charge in [-0.05, 0) is 16.8 Å². The van der Waals surface area contributed by atoms with E-state index in [1.807, 2.05) is 18.2 Å². The molecule has 0 spiro atoms. The Balaban J connectivity index is 2.39. The molecule has 0 saturated heterocycles. The van der Waals surface area contributed by atoms with Crippen molar-refractivity contribution >= 4 is 28.5 Å². The number of hydrogen-bond donors (Lipinski definition) is 0. The lowest BCUT2D eigenvalue weighted by Gasteiger charge is -2.04. The third-order valence-electron chi connectivity index (χ3n) is 2.48. The van der Waals surface area contributed by atoms with Crippen LogP contribution >= 0.6 is 0 Å². The van der Waals surface area contributed by atoms with Gasteiger partial charge in [0.05, 0.1) is 5.56 Å². The number of ketones is 1. The molecule has 4 nitrogen and oxygen atoms in total. The fourth-order valence-corrected chi connectivity index (χ4v) is 1.61. The van der Waals surface area contributed by atoms with Crippen LogP contribution in [0.1, 0.15) is 17.3 Å². The molecule has 0 atom stereocenters.